The van der Waals surface area contributed by atoms with E-state index in [-0.39, 0.29) is 275 Å². The summed E-state index contributed by atoms with van der Waals surface area (Å²) >= 11 is 0. The van der Waals surface area contributed by atoms with E-state index in [0.717, 1.165) is 138 Å². The van der Waals surface area contributed by atoms with Crippen molar-refractivity contribution in [3.8, 4) is 22.8 Å². The van der Waals surface area contributed by atoms with Gasteiger partial charge < -0.3 is 97.6 Å². The number of hydrogen-bond donors (Lipinski definition) is 4. The van der Waals surface area contributed by atoms with Gasteiger partial charge in [-0.1, -0.05) is 126 Å². The van der Waals surface area contributed by atoms with Gasteiger partial charge >= 0.3 is 207 Å². The molecule has 136 heavy (non-hydrogen) atoms. The molecule has 2 radical (unpaired) electrons. The Hall–Kier alpha value is -9.90. The molecule has 0 fully saturated rings. The van der Waals surface area contributed by atoms with Gasteiger partial charge in [0.1, 0.15) is 40.4 Å². The van der Waals surface area contributed by atoms with E-state index in [9.17, 15) is 41.1 Å². The van der Waals surface area contributed by atoms with Crippen molar-refractivity contribution in [1.82, 2.24) is 82.3 Å². The number of halogens is 5. The zero-order valence-corrected chi connectivity index (χ0v) is 91.2. The van der Waals surface area contributed by atoms with Crippen molar-refractivity contribution in [1.29, 1.82) is 0 Å². The normalized spacial score (nSPS) is 10.0. The van der Waals surface area contributed by atoms with Crippen molar-refractivity contribution in [2.24, 2.45) is 35.2 Å². The number of aryl methyl sites for hydroxylation is 7. The van der Waals surface area contributed by atoms with Gasteiger partial charge in [-0.3, -0.25) is 34.3 Å². The van der Waals surface area contributed by atoms with Crippen molar-refractivity contribution in [3.05, 3.63) is 295 Å². The average Bonchev–Trinajstić information content (AvgIpc) is 1.72. The van der Waals surface area contributed by atoms with E-state index < -0.39 is 47.6 Å². The third-order valence-electron chi connectivity index (χ3n) is 19.1. The van der Waals surface area contributed by atoms with Gasteiger partial charge in [-0.2, -0.15) is 13.2 Å². The first-order valence-corrected chi connectivity index (χ1v) is 37.2. The SMILES string of the molecule is Cc1cn(C)c(-c2[c-]cc(F)nc2F)n1.Cc1cn2c3ccccc3c3ncc[c-]c3c2n1.Cn1c2ccccc2c2cc(C(=O)O)ncc21.Cn1c2ccccc2c2cc(C(=O)O)ncc21.Cn1c2ccccc2c2cc(C(=O)O)ncc21.Cn1c2ccccc2c2cc(C(=O)O)ncc21.FC(F)(F)c1cc(-c2ccccn2)[n-]n1.O=CO[O-].O=CO[O-].O=CO[O-].[H-].[H-].[H-].[Ir].[Ir].[Na+].[Na+].[Na+].[Na+].[Na+].[Na+]. The Labute approximate surface area is 930 Å². The molecule has 34 nitrogen and oxygen atoms in total. The summed E-state index contributed by atoms with van der Waals surface area (Å²) in [6.07, 6.45) is 9.04. The number of carbonyl (C=O) groups is 7. The second-order valence-corrected chi connectivity index (χ2v) is 26.9. The van der Waals surface area contributed by atoms with Crippen LogP contribution in [0.4, 0.5) is 22.0 Å². The van der Waals surface area contributed by atoms with Crippen LogP contribution in [-0.2, 0) is 111 Å². The van der Waals surface area contributed by atoms with Crippen molar-refractivity contribution in [2.45, 2.75) is 20.0 Å². The molecule has 0 spiro atoms. The van der Waals surface area contributed by atoms with E-state index in [1.54, 1.807) is 98.2 Å². The van der Waals surface area contributed by atoms with E-state index in [0.29, 0.717) is 11.5 Å². The van der Waals surface area contributed by atoms with Crippen LogP contribution in [0.1, 0.15) is 63.3 Å². The predicted octanol–water partition coefficient (Wildman–Crippen LogP) is -5.51. The molecule has 4 N–H and O–H groups in total. The quantitative estimate of drug-likeness (QED) is 0.0153. The van der Waals surface area contributed by atoms with Gasteiger partial charge in [0, 0.05) is 182 Å². The molecule has 0 aliphatic rings. The fraction of sp³-hybridized carbons (Fsp3) is 0.0899. The number of alkyl halides is 3. The maximum Gasteiger partial charge on any atom is 1.00 e. The van der Waals surface area contributed by atoms with E-state index in [2.05, 4.69) is 105 Å². The number of carboxylic acid groups (broad SMARTS) is 4. The Balaban J connectivity index is 0.00000155. The molecule has 0 amide bonds. The summed E-state index contributed by atoms with van der Waals surface area (Å²) in [4.78, 5) is 113. The van der Waals surface area contributed by atoms with Crippen LogP contribution in [0, 0.1) is 37.9 Å². The van der Waals surface area contributed by atoms with E-state index >= 15 is 0 Å². The van der Waals surface area contributed by atoms with Crippen molar-refractivity contribution in [3.63, 3.8) is 0 Å². The van der Waals surface area contributed by atoms with Gasteiger partial charge in [-0.05, 0) is 97.5 Å². The zero-order valence-electron chi connectivity index (χ0n) is 77.4. The van der Waals surface area contributed by atoms with Crippen LogP contribution in [0.25, 0.3) is 137 Å². The second kappa shape index (κ2) is 56.2. The third-order valence-corrected chi connectivity index (χ3v) is 19.1. The van der Waals surface area contributed by atoms with Crippen LogP contribution >= 0.6 is 0 Å². The fourth-order valence-electron chi connectivity index (χ4n) is 13.6. The second-order valence-electron chi connectivity index (χ2n) is 26.9. The number of carboxylic acids is 4. The Bertz CT molecular complexity index is 6940. The Morgan fingerprint density at radius 1 is 0.441 bits per heavy atom. The summed E-state index contributed by atoms with van der Waals surface area (Å²) in [6.45, 7) is 3.25. The molecule has 20 aromatic rings. The van der Waals surface area contributed by atoms with E-state index in [4.69, 9.17) is 50.6 Å². The zero-order chi connectivity index (χ0) is 92.2. The summed E-state index contributed by atoms with van der Waals surface area (Å²) in [5, 5.41) is 77.6. The first-order valence-electron chi connectivity index (χ1n) is 37.2. The molecule has 0 atom stereocenters. The number of imidazole rings is 2. The van der Waals surface area contributed by atoms with Crippen LogP contribution in [-0.4, -0.2) is 141 Å². The van der Waals surface area contributed by atoms with Crippen LogP contribution in [0.5, 0.6) is 0 Å². The van der Waals surface area contributed by atoms with Gasteiger partial charge in [0.15, 0.2) is 0 Å². The van der Waals surface area contributed by atoms with Crippen molar-refractivity contribution >= 4 is 158 Å². The molecule has 674 valence electrons. The van der Waals surface area contributed by atoms with Crippen LogP contribution in [0.15, 0.2) is 232 Å². The van der Waals surface area contributed by atoms with Gasteiger partial charge in [-0.15, -0.1) is 18.2 Å². The first-order chi connectivity index (χ1) is 61.5. The van der Waals surface area contributed by atoms with Gasteiger partial charge in [-0.25, -0.2) is 47.9 Å². The first kappa shape index (κ1) is 120. The molecule has 0 unspecified atom stereocenters. The number of carbonyl (C=O) groups excluding carboxylic acids is 3. The van der Waals surface area contributed by atoms with E-state index in [1.807, 2.05) is 169 Å². The third kappa shape index (κ3) is 28.9. The summed E-state index contributed by atoms with van der Waals surface area (Å²) in [7, 11) is 9.53. The number of benzene rings is 5. The molecule has 0 saturated carbocycles. The van der Waals surface area contributed by atoms with E-state index in [1.165, 1.54) is 6.20 Å². The Morgan fingerprint density at radius 2 is 0.794 bits per heavy atom. The maximum atomic E-state index is 13.3. The predicted molar refractivity (Wildman–Crippen MR) is 453 cm³/mol. The number of aromatic carboxylic acids is 4. The molecule has 0 saturated heterocycles. The van der Waals surface area contributed by atoms with Gasteiger partial charge in [0.05, 0.1) is 58.3 Å². The van der Waals surface area contributed by atoms with Crippen LogP contribution < -0.4 is 198 Å². The minimum Gasteiger partial charge on any atom is -1.00 e. The fourth-order valence-corrected chi connectivity index (χ4v) is 13.6. The number of fused-ring (bicyclic) bond motifs is 18. The van der Waals surface area contributed by atoms with Gasteiger partial charge in [0.25, 0.3) is 19.4 Å². The molecule has 0 aliphatic heterocycles. The number of nitrogens with zero attached hydrogens (tertiary/aromatic N) is 17. The maximum absolute atomic E-state index is 13.3. The number of hydrogen-bond acceptors (Lipinski definition) is 23. The molecular weight excluding hydrogens is 2200 g/mol. The molecule has 15 aromatic heterocycles. The number of pyridine rings is 8. The summed E-state index contributed by atoms with van der Waals surface area (Å²) in [6, 6.07) is 60.8. The monoisotopic (exact) mass is 2270 g/mol. The van der Waals surface area contributed by atoms with Crippen molar-refractivity contribution in [2.75, 3.05) is 0 Å². The number of aromatic nitrogens is 17. The molecule has 0 aliphatic carbocycles. The molecule has 0 bridgehead atoms. The minimum absolute atomic E-state index is 0. The number of rotatable bonds is 9. The molecular formula is C89H69F5Ir2N17Na6O17-3. The van der Waals surface area contributed by atoms with Crippen molar-refractivity contribution < 1.29 is 328 Å². The largest absolute Gasteiger partial charge is 1.00 e. The van der Waals surface area contributed by atoms with Crippen LogP contribution in [0.2, 0.25) is 0 Å². The summed E-state index contributed by atoms with van der Waals surface area (Å²) in [5.74, 6) is -5.40. The number of para-hydroxylation sites is 5. The minimum atomic E-state index is -4.46. The molecule has 15 heterocycles. The summed E-state index contributed by atoms with van der Waals surface area (Å²) in [5.41, 5.74) is 12.7. The molecule has 20 rings (SSSR count). The Kier molecular flexibility index (Phi) is 49.7. The topological polar surface area (TPSA) is 469 Å². The average molecular weight is 2270 g/mol. The smallest absolute Gasteiger partial charge is 1.00 e. The molecule has 47 heteroatoms. The standard InChI is InChI=1S/C15H10N3.4C13H10N2O2.C10H8F2N3.C9H5F3N3.3CH2O3.2Ir.6Na.3H/c1-10-9-18-13-7-3-2-5-11(13)14-12(15(18)17-10)6-4-8-16-14;4*1-15-11-5-3-2-4-8(11)9-6-10(13(16)17)14-7-12(9)15;1-6-5-15(2)10(13-6)7-3-4-8(11)14-9(7)12;10-9(11,12)8-5-7(14-15-8)6-3-1-2-4-13-6;3*2-1-4-3;;;;;;;;;;;/h2-5,7-9H,1H3;4*2-7H,1H3,(H,16,17);4-5H,1-2H3;1-5H;3*1,3H;;;;;;;;;;;/q-1;;;;;2*-1;;;;;;6*+1;3*-1/p-3. The van der Waals surface area contributed by atoms with Crippen LogP contribution in [0.3, 0.4) is 0 Å². The van der Waals surface area contributed by atoms with Gasteiger partial charge in [0.2, 0.25) is 0 Å². The molecule has 5 aromatic carbocycles. The Morgan fingerprint density at radius 3 is 1.12 bits per heavy atom. The summed E-state index contributed by atoms with van der Waals surface area (Å²) < 4.78 is 74.3.